The molecule has 9 nitrogen and oxygen atoms in total. The number of methoxy groups -OCH3 is 2. The summed E-state index contributed by atoms with van der Waals surface area (Å²) in [5.74, 6) is 2.36. The van der Waals surface area contributed by atoms with Gasteiger partial charge < -0.3 is 29.4 Å². The van der Waals surface area contributed by atoms with E-state index < -0.39 is 0 Å². The predicted molar refractivity (Wildman–Crippen MR) is 122 cm³/mol. The molecule has 1 aliphatic rings. The lowest BCUT2D eigenvalue weighted by molar-refractivity contribution is 0.0558. The molecule has 170 valence electrons. The molecule has 1 aromatic carbocycles. The molecule has 0 saturated carbocycles. The van der Waals surface area contributed by atoms with Gasteiger partial charge in [-0.2, -0.15) is 4.98 Å². The highest BCUT2D eigenvalue weighted by Crippen LogP contribution is 2.35. The van der Waals surface area contributed by atoms with Crippen molar-refractivity contribution in [3.8, 4) is 11.5 Å². The number of carbonyl (C=O) groups is 1. The van der Waals surface area contributed by atoms with Gasteiger partial charge in [0, 0.05) is 24.5 Å². The second-order valence-corrected chi connectivity index (χ2v) is 7.75. The van der Waals surface area contributed by atoms with Crippen LogP contribution in [0.4, 0.5) is 11.8 Å². The minimum absolute atomic E-state index is 0.00252. The fourth-order valence-corrected chi connectivity index (χ4v) is 4.58. The van der Waals surface area contributed by atoms with E-state index in [1.807, 2.05) is 11.0 Å². The summed E-state index contributed by atoms with van der Waals surface area (Å²) in [6, 6.07) is 7.08. The van der Waals surface area contributed by atoms with Gasteiger partial charge in [0.05, 0.1) is 38.1 Å². The number of fused-ring (bicyclic) bond motifs is 1. The second-order valence-electron chi connectivity index (χ2n) is 7.75. The Morgan fingerprint density at radius 2 is 1.84 bits per heavy atom. The number of anilines is 2. The number of ether oxygens (including phenoxy) is 2. The summed E-state index contributed by atoms with van der Waals surface area (Å²) in [6.07, 6.45) is 3.15. The van der Waals surface area contributed by atoms with Crippen molar-refractivity contribution in [3.05, 3.63) is 36.3 Å². The van der Waals surface area contributed by atoms with E-state index in [0.29, 0.717) is 53.0 Å². The average Bonchev–Trinajstić information content (AvgIpc) is 3.36. The maximum absolute atomic E-state index is 13.0. The summed E-state index contributed by atoms with van der Waals surface area (Å²) in [5, 5.41) is 0.707. The molecule has 0 aliphatic carbocycles. The molecule has 3 heterocycles. The Balaban J connectivity index is 1.70. The Morgan fingerprint density at radius 1 is 1.12 bits per heavy atom. The summed E-state index contributed by atoms with van der Waals surface area (Å²) < 4.78 is 16.2. The summed E-state index contributed by atoms with van der Waals surface area (Å²) in [4.78, 5) is 26.5. The Kier molecular flexibility index (Phi) is 6.07. The first-order valence-corrected chi connectivity index (χ1v) is 10.8. The average molecular weight is 440 g/mol. The molecular formula is C23H29N5O4. The fourth-order valence-electron chi connectivity index (χ4n) is 4.58. The molecule has 0 unspecified atom stereocenters. The number of carbonyl (C=O) groups excluding carboxylic acids is 1. The molecule has 0 bridgehead atoms. The highest BCUT2D eigenvalue weighted by atomic mass is 16.5. The van der Waals surface area contributed by atoms with Crippen molar-refractivity contribution in [2.24, 2.45) is 0 Å². The Bertz CT molecular complexity index is 1100. The number of aromatic nitrogens is 2. The third kappa shape index (κ3) is 3.68. The van der Waals surface area contributed by atoms with Crippen molar-refractivity contribution in [1.29, 1.82) is 0 Å². The van der Waals surface area contributed by atoms with Gasteiger partial charge in [0.25, 0.3) is 5.91 Å². The third-order valence-corrected chi connectivity index (χ3v) is 6.13. The first kappa shape index (κ1) is 21.7. The maximum Gasteiger partial charge on any atom is 0.289 e. The molecule has 2 N–H and O–H groups in total. The van der Waals surface area contributed by atoms with Crippen LogP contribution in [0.5, 0.6) is 11.5 Å². The molecule has 2 atom stereocenters. The van der Waals surface area contributed by atoms with Crippen LogP contribution in [0, 0.1) is 0 Å². The van der Waals surface area contributed by atoms with Crippen LogP contribution in [0.15, 0.2) is 34.9 Å². The maximum atomic E-state index is 13.0. The van der Waals surface area contributed by atoms with Crippen molar-refractivity contribution < 1.29 is 18.7 Å². The summed E-state index contributed by atoms with van der Waals surface area (Å²) >= 11 is 0. The zero-order valence-corrected chi connectivity index (χ0v) is 18.9. The smallest absolute Gasteiger partial charge is 0.289 e. The largest absolute Gasteiger partial charge is 0.493 e. The Morgan fingerprint density at radius 3 is 2.47 bits per heavy atom. The summed E-state index contributed by atoms with van der Waals surface area (Å²) in [7, 11) is 3.17. The number of benzene rings is 1. The zero-order valence-electron chi connectivity index (χ0n) is 18.9. The molecule has 0 radical (unpaired) electrons. The molecule has 1 aliphatic heterocycles. The fraction of sp³-hybridized carbons (Fsp3) is 0.435. The van der Waals surface area contributed by atoms with E-state index in [-0.39, 0.29) is 18.0 Å². The zero-order chi connectivity index (χ0) is 22.8. The van der Waals surface area contributed by atoms with E-state index in [4.69, 9.17) is 24.6 Å². The van der Waals surface area contributed by atoms with Crippen molar-refractivity contribution in [2.75, 3.05) is 37.9 Å². The highest BCUT2D eigenvalue weighted by Gasteiger charge is 2.39. The first-order chi connectivity index (χ1) is 15.5. The molecular weight excluding hydrogens is 410 g/mol. The van der Waals surface area contributed by atoms with Gasteiger partial charge in [-0.15, -0.1) is 0 Å². The Hall–Kier alpha value is -3.49. The molecule has 1 saturated heterocycles. The number of nitrogen functional groups attached to an aromatic ring is 1. The van der Waals surface area contributed by atoms with Crippen LogP contribution in [0.1, 0.15) is 37.2 Å². The van der Waals surface area contributed by atoms with E-state index in [1.54, 1.807) is 32.4 Å². The normalized spacial score (nSPS) is 18.8. The van der Waals surface area contributed by atoms with Crippen LogP contribution in [-0.2, 0) is 0 Å². The van der Waals surface area contributed by atoms with Crippen LogP contribution >= 0.6 is 0 Å². The van der Waals surface area contributed by atoms with Gasteiger partial charge in [-0.05, 0) is 31.0 Å². The molecule has 3 aromatic rings. The van der Waals surface area contributed by atoms with Gasteiger partial charge >= 0.3 is 0 Å². The van der Waals surface area contributed by atoms with Crippen LogP contribution in [-0.4, -0.2) is 60.2 Å². The number of nitrogens with zero attached hydrogens (tertiary/aromatic N) is 4. The predicted octanol–water partition coefficient (Wildman–Crippen LogP) is 3.34. The van der Waals surface area contributed by atoms with Gasteiger partial charge in [0.1, 0.15) is 5.82 Å². The van der Waals surface area contributed by atoms with Crippen LogP contribution in [0.25, 0.3) is 10.9 Å². The van der Waals surface area contributed by atoms with Gasteiger partial charge in [0.2, 0.25) is 5.95 Å². The minimum atomic E-state index is -0.0873. The second kappa shape index (κ2) is 8.94. The van der Waals surface area contributed by atoms with Crippen molar-refractivity contribution in [3.63, 3.8) is 0 Å². The number of nitrogens with two attached hydrogens (primary N) is 1. The van der Waals surface area contributed by atoms with Crippen LogP contribution in [0.3, 0.4) is 0 Å². The van der Waals surface area contributed by atoms with E-state index in [9.17, 15) is 4.79 Å². The van der Waals surface area contributed by atoms with Gasteiger partial charge in [-0.25, -0.2) is 4.98 Å². The van der Waals surface area contributed by atoms with Crippen molar-refractivity contribution in [1.82, 2.24) is 14.9 Å². The number of furan rings is 1. The van der Waals surface area contributed by atoms with Crippen LogP contribution in [0.2, 0.25) is 0 Å². The van der Waals surface area contributed by atoms with Gasteiger partial charge in [-0.3, -0.25) is 4.79 Å². The highest BCUT2D eigenvalue weighted by molar-refractivity contribution is 5.93. The van der Waals surface area contributed by atoms with E-state index >= 15 is 0 Å². The summed E-state index contributed by atoms with van der Waals surface area (Å²) in [5.41, 5.74) is 7.00. The minimum Gasteiger partial charge on any atom is -0.493 e. The molecule has 32 heavy (non-hydrogen) atoms. The Labute approximate surface area is 187 Å². The van der Waals surface area contributed by atoms with E-state index in [1.165, 1.54) is 6.26 Å². The number of hydrogen-bond acceptors (Lipinski definition) is 8. The lowest BCUT2D eigenvalue weighted by atomic mass is 9.96. The van der Waals surface area contributed by atoms with Crippen LogP contribution < -0.4 is 20.1 Å². The first-order valence-electron chi connectivity index (χ1n) is 10.8. The third-order valence-electron chi connectivity index (χ3n) is 6.13. The molecule has 0 spiro atoms. The summed E-state index contributed by atoms with van der Waals surface area (Å²) in [6.45, 7) is 5.34. The SMILES string of the molecule is CC[C@@H]1[C@H](CC)N(C(=O)c2ccco2)CCN1c1nc(N)c2cc(OC)c(OC)cc2n1. The van der Waals surface area contributed by atoms with E-state index in [0.717, 1.165) is 12.8 Å². The number of rotatable bonds is 6. The quantitative estimate of drug-likeness (QED) is 0.623. The molecule has 1 fully saturated rings. The number of hydrogen-bond donors (Lipinski definition) is 1. The molecule has 2 aromatic heterocycles. The van der Waals surface area contributed by atoms with E-state index in [2.05, 4.69) is 23.7 Å². The monoisotopic (exact) mass is 439 g/mol. The molecule has 4 rings (SSSR count). The number of piperazine rings is 1. The number of amides is 1. The van der Waals surface area contributed by atoms with Gasteiger partial charge in [0.15, 0.2) is 17.3 Å². The van der Waals surface area contributed by atoms with Crippen molar-refractivity contribution in [2.45, 2.75) is 38.8 Å². The topological polar surface area (TPSA) is 107 Å². The lowest BCUT2D eigenvalue weighted by Gasteiger charge is -2.47. The van der Waals surface area contributed by atoms with Gasteiger partial charge in [-0.1, -0.05) is 13.8 Å². The van der Waals surface area contributed by atoms with Crippen molar-refractivity contribution >= 4 is 28.6 Å². The standard InChI is InChI=1S/C23H29N5O4/c1-5-16-17(6-2)28(10-9-27(16)22(29)18-8-7-11-32-18)23-25-15-13-20(31-4)19(30-3)12-14(15)21(24)26-23/h7-8,11-13,16-17H,5-6,9-10H2,1-4H3,(H2,24,25,26)/t16-,17+/m0/s1. The molecule has 9 heteroatoms. The molecule has 1 amide bonds. The lowest BCUT2D eigenvalue weighted by Crippen LogP contribution is -2.61.